The van der Waals surface area contributed by atoms with Crippen molar-refractivity contribution in [2.45, 2.75) is 13.0 Å². The lowest BCUT2D eigenvalue weighted by Crippen LogP contribution is -2.46. The van der Waals surface area contributed by atoms with Crippen molar-refractivity contribution >= 4 is 34.9 Å². The van der Waals surface area contributed by atoms with Crippen LogP contribution in [0.25, 0.3) is 0 Å². The molecule has 0 aliphatic carbocycles. The number of amides is 1. The number of hydrogen-bond donors (Lipinski definition) is 2. The number of carbonyl (C=O) groups excluding carboxylic acids is 2. The molecule has 2 heterocycles. The zero-order valence-electron chi connectivity index (χ0n) is 15.1. The average molecular weight is 385 g/mol. The number of nitrogens with zero attached hydrogens (tertiary/aromatic N) is 1. The first-order valence-corrected chi connectivity index (χ1v) is 8.61. The van der Waals surface area contributed by atoms with E-state index in [0.717, 1.165) is 5.56 Å². The molecule has 1 atom stereocenters. The number of anilines is 1. The van der Waals surface area contributed by atoms with Gasteiger partial charge in [-0.15, -0.1) is 0 Å². The molecule has 3 rings (SSSR count). The fraction of sp³-hybridized carbons (Fsp3) is 0.211. The number of rotatable bonds is 4. The third kappa shape index (κ3) is 3.70. The Kier molecular flexibility index (Phi) is 5.27. The van der Waals surface area contributed by atoms with Crippen molar-refractivity contribution in [1.29, 1.82) is 0 Å². The summed E-state index contributed by atoms with van der Waals surface area (Å²) in [6.07, 6.45) is 1.44. The summed E-state index contributed by atoms with van der Waals surface area (Å²) in [4.78, 5) is 26.3. The van der Waals surface area contributed by atoms with Gasteiger partial charge in [0.1, 0.15) is 0 Å². The summed E-state index contributed by atoms with van der Waals surface area (Å²) in [5.74, 6) is -0.585. The van der Waals surface area contributed by atoms with Crippen LogP contribution in [-0.2, 0) is 9.53 Å². The summed E-state index contributed by atoms with van der Waals surface area (Å²) in [6, 6.07) is 9.92. The smallest absolute Gasteiger partial charge is 0.337 e. The van der Waals surface area contributed by atoms with Crippen molar-refractivity contribution in [3.05, 3.63) is 65.3 Å². The fourth-order valence-corrected chi connectivity index (χ4v) is 3.11. The largest absolute Gasteiger partial charge is 0.466 e. The molecular weight excluding hydrogens is 366 g/mol. The molecule has 1 aliphatic rings. The van der Waals surface area contributed by atoms with Gasteiger partial charge >= 0.3 is 5.97 Å². The first-order valence-electron chi connectivity index (χ1n) is 8.20. The number of methoxy groups -OCH3 is 1. The van der Waals surface area contributed by atoms with E-state index in [1.54, 1.807) is 42.3 Å². The molecule has 7 nitrogen and oxygen atoms in total. The fourth-order valence-electron chi connectivity index (χ4n) is 2.86. The maximum Gasteiger partial charge on any atom is 0.337 e. The van der Waals surface area contributed by atoms with E-state index in [1.165, 1.54) is 13.4 Å². The highest BCUT2D eigenvalue weighted by molar-refractivity contribution is 7.80. The van der Waals surface area contributed by atoms with Gasteiger partial charge < -0.3 is 24.7 Å². The van der Waals surface area contributed by atoms with E-state index in [4.69, 9.17) is 21.4 Å². The third-order valence-corrected chi connectivity index (χ3v) is 4.77. The number of ether oxygens (including phenoxy) is 1. The molecule has 27 heavy (non-hydrogen) atoms. The van der Waals surface area contributed by atoms with Gasteiger partial charge in [-0.1, -0.05) is 12.1 Å². The van der Waals surface area contributed by atoms with Crippen LogP contribution < -0.4 is 10.6 Å². The molecule has 140 valence electrons. The average Bonchev–Trinajstić information content (AvgIpc) is 3.20. The van der Waals surface area contributed by atoms with Gasteiger partial charge in [-0.05, 0) is 49.0 Å². The molecule has 1 aromatic heterocycles. The van der Waals surface area contributed by atoms with Crippen molar-refractivity contribution < 1.29 is 18.7 Å². The van der Waals surface area contributed by atoms with E-state index in [9.17, 15) is 9.59 Å². The van der Waals surface area contributed by atoms with Crippen LogP contribution in [-0.4, -0.2) is 36.0 Å². The molecule has 1 amide bonds. The van der Waals surface area contributed by atoms with Crippen LogP contribution in [0.2, 0.25) is 0 Å². The summed E-state index contributed by atoms with van der Waals surface area (Å²) in [5, 5.41) is 6.43. The summed E-state index contributed by atoms with van der Waals surface area (Å²) >= 11 is 5.36. The number of hydrogen-bond acceptors (Lipinski definition) is 5. The van der Waals surface area contributed by atoms with Gasteiger partial charge in [0.05, 0.1) is 25.0 Å². The van der Waals surface area contributed by atoms with Gasteiger partial charge in [-0.3, -0.25) is 4.79 Å². The topological polar surface area (TPSA) is 83.8 Å². The number of nitrogens with one attached hydrogen (secondary N) is 2. The van der Waals surface area contributed by atoms with Crippen molar-refractivity contribution in [2.24, 2.45) is 0 Å². The Labute approximate surface area is 162 Å². The highest BCUT2D eigenvalue weighted by atomic mass is 32.1. The number of carbonyl (C=O) groups is 2. The van der Waals surface area contributed by atoms with Crippen molar-refractivity contribution in [3.63, 3.8) is 0 Å². The van der Waals surface area contributed by atoms with Crippen LogP contribution in [0.15, 0.2) is 58.3 Å². The minimum Gasteiger partial charge on any atom is -0.466 e. The summed E-state index contributed by atoms with van der Waals surface area (Å²) in [6.45, 7) is 1.81. The van der Waals surface area contributed by atoms with Gasteiger partial charge in [0.2, 0.25) is 0 Å². The quantitative estimate of drug-likeness (QED) is 0.618. The molecule has 0 saturated carbocycles. The molecule has 8 heteroatoms. The lowest BCUT2D eigenvalue weighted by Gasteiger charge is -2.35. The summed E-state index contributed by atoms with van der Waals surface area (Å²) < 4.78 is 10.1. The van der Waals surface area contributed by atoms with Gasteiger partial charge in [0, 0.05) is 18.4 Å². The van der Waals surface area contributed by atoms with Gasteiger partial charge in [-0.25, -0.2) is 4.79 Å². The Morgan fingerprint density at radius 3 is 2.74 bits per heavy atom. The van der Waals surface area contributed by atoms with Gasteiger partial charge in [-0.2, -0.15) is 0 Å². The molecular formula is C19H19N3O4S. The Bertz CT molecular complexity index is 921. The van der Waals surface area contributed by atoms with E-state index in [-0.39, 0.29) is 11.7 Å². The maximum atomic E-state index is 12.4. The van der Waals surface area contributed by atoms with Gasteiger partial charge in [0.25, 0.3) is 5.91 Å². The van der Waals surface area contributed by atoms with Crippen molar-refractivity contribution in [1.82, 2.24) is 10.2 Å². The van der Waals surface area contributed by atoms with Crippen LogP contribution in [0.5, 0.6) is 0 Å². The minimum absolute atomic E-state index is 0.213. The monoisotopic (exact) mass is 385 g/mol. The zero-order valence-corrected chi connectivity index (χ0v) is 15.9. The lowest BCUT2D eigenvalue weighted by atomic mass is 9.95. The molecule has 1 unspecified atom stereocenters. The maximum absolute atomic E-state index is 12.4. The molecule has 0 bridgehead atoms. The van der Waals surface area contributed by atoms with E-state index in [1.807, 2.05) is 13.0 Å². The molecule has 0 fully saturated rings. The SMILES string of the molecule is COC(=O)C1=C(C)N(C)C(=S)NC1c1cccc(NC(=O)c2ccco2)c1. The molecule has 2 aromatic rings. The first kappa shape index (κ1) is 18.7. The molecule has 1 aliphatic heterocycles. The zero-order chi connectivity index (χ0) is 19.6. The predicted molar refractivity (Wildman–Crippen MR) is 104 cm³/mol. The van der Waals surface area contributed by atoms with Crippen LogP contribution in [0, 0.1) is 0 Å². The summed E-state index contributed by atoms with van der Waals surface area (Å²) in [7, 11) is 3.12. The Hall–Kier alpha value is -3.13. The molecule has 0 radical (unpaired) electrons. The second-order valence-electron chi connectivity index (χ2n) is 5.99. The van der Waals surface area contributed by atoms with E-state index in [0.29, 0.717) is 22.1 Å². The molecule has 2 N–H and O–H groups in total. The normalized spacial score (nSPS) is 16.8. The van der Waals surface area contributed by atoms with Crippen LogP contribution in [0.4, 0.5) is 5.69 Å². The van der Waals surface area contributed by atoms with Crippen molar-refractivity contribution in [2.75, 3.05) is 19.5 Å². The van der Waals surface area contributed by atoms with Gasteiger partial charge in [0.15, 0.2) is 10.9 Å². The lowest BCUT2D eigenvalue weighted by molar-refractivity contribution is -0.136. The Morgan fingerprint density at radius 2 is 2.07 bits per heavy atom. The second-order valence-corrected chi connectivity index (χ2v) is 6.38. The van der Waals surface area contributed by atoms with Crippen LogP contribution >= 0.6 is 12.2 Å². The third-order valence-electron chi connectivity index (χ3n) is 4.38. The number of allylic oxidation sites excluding steroid dienone is 1. The number of esters is 1. The standard InChI is InChI=1S/C19H19N3O4S/c1-11-15(18(24)25-3)16(21-19(27)22(11)2)12-6-4-7-13(10-12)20-17(23)14-8-5-9-26-14/h4-10,16H,1-3H3,(H,20,23)(H,21,27). The van der Waals surface area contributed by atoms with E-state index in [2.05, 4.69) is 10.6 Å². The van der Waals surface area contributed by atoms with Crippen LogP contribution in [0.1, 0.15) is 29.1 Å². The minimum atomic E-state index is -0.485. The Morgan fingerprint density at radius 1 is 1.30 bits per heavy atom. The first-order chi connectivity index (χ1) is 12.9. The van der Waals surface area contributed by atoms with E-state index < -0.39 is 12.0 Å². The number of benzene rings is 1. The van der Waals surface area contributed by atoms with Crippen LogP contribution in [0.3, 0.4) is 0 Å². The molecule has 0 spiro atoms. The highest BCUT2D eigenvalue weighted by Crippen LogP contribution is 2.31. The second kappa shape index (κ2) is 7.63. The van der Waals surface area contributed by atoms with Crippen molar-refractivity contribution in [3.8, 4) is 0 Å². The number of furan rings is 1. The number of thiocarbonyl (C=S) groups is 1. The highest BCUT2D eigenvalue weighted by Gasteiger charge is 2.33. The molecule has 1 aromatic carbocycles. The summed E-state index contributed by atoms with van der Waals surface area (Å²) in [5.41, 5.74) is 2.51. The van der Waals surface area contributed by atoms with E-state index >= 15 is 0 Å². The molecule has 0 saturated heterocycles. The predicted octanol–water partition coefficient (Wildman–Crippen LogP) is 2.84. The Balaban J connectivity index is 1.94.